The van der Waals surface area contributed by atoms with Crippen LogP contribution in [0.1, 0.15) is 12.8 Å². The van der Waals surface area contributed by atoms with E-state index in [-0.39, 0.29) is 19.6 Å². The number of carbonyl (C=O) groups excluding carboxylic acids is 1. The van der Waals surface area contributed by atoms with Crippen molar-refractivity contribution < 1.29 is 27.4 Å². The lowest BCUT2D eigenvalue weighted by Gasteiger charge is -2.28. The highest BCUT2D eigenvalue weighted by Crippen LogP contribution is 2.43. The van der Waals surface area contributed by atoms with Crippen molar-refractivity contribution in [2.24, 2.45) is 5.41 Å². The second kappa shape index (κ2) is 5.68. The van der Waals surface area contributed by atoms with E-state index in [2.05, 4.69) is 10.1 Å². The quantitative estimate of drug-likeness (QED) is 0.590. The van der Waals surface area contributed by atoms with Crippen LogP contribution in [-0.2, 0) is 14.3 Å². The van der Waals surface area contributed by atoms with Gasteiger partial charge >= 0.3 is 12.1 Å². The number of alkyl halides is 3. The fourth-order valence-corrected chi connectivity index (χ4v) is 1.73. The zero-order chi connectivity index (χ0) is 12.9. The van der Waals surface area contributed by atoms with E-state index in [1.165, 1.54) is 7.11 Å². The van der Waals surface area contributed by atoms with Gasteiger partial charge in [0.25, 0.3) is 0 Å². The van der Waals surface area contributed by atoms with Gasteiger partial charge in [-0.05, 0) is 13.0 Å². The van der Waals surface area contributed by atoms with Crippen molar-refractivity contribution in [3.63, 3.8) is 0 Å². The van der Waals surface area contributed by atoms with Gasteiger partial charge in [0.2, 0.25) is 0 Å². The molecular weight excluding hydrogens is 239 g/mol. The van der Waals surface area contributed by atoms with Crippen LogP contribution < -0.4 is 5.32 Å². The SMILES string of the molecule is COCCCOC(=O)C1(C(F)(F)F)CCNC1. The summed E-state index contributed by atoms with van der Waals surface area (Å²) >= 11 is 0. The second-order valence-electron chi connectivity index (χ2n) is 3.99. The van der Waals surface area contributed by atoms with Crippen molar-refractivity contribution in [2.45, 2.75) is 19.0 Å². The standard InChI is InChI=1S/C10H16F3NO3/c1-16-5-2-6-17-8(15)9(10(11,12)13)3-4-14-7-9/h14H,2-7H2,1H3. The van der Waals surface area contributed by atoms with Crippen LogP contribution in [0.4, 0.5) is 13.2 Å². The number of rotatable bonds is 5. The van der Waals surface area contributed by atoms with Crippen molar-refractivity contribution in [1.29, 1.82) is 0 Å². The average Bonchev–Trinajstić information content (AvgIpc) is 2.73. The maximum Gasteiger partial charge on any atom is 0.406 e. The number of hydrogen-bond donors (Lipinski definition) is 1. The molecule has 1 N–H and O–H groups in total. The molecule has 0 amide bonds. The third-order valence-corrected chi connectivity index (χ3v) is 2.81. The molecule has 0 bridgehead atoms. The number of methoxy groups -OCH3 is 1. The van der Waals surface area contributed by atoms with Gasteiger partial charge in [0.05, 0.1) is 6.61 Å². The summed E-state index contributed by atoms with van der Waals surface area (Å²) in [6.07, 6.45) is -4.45. The Morgan fingerprint density at radius 3 is 2.59 bits per heavy atom. The summed E-state index contributed by atoms with van der Waals surface area (Å²) < 4.78 is 48.0. The first-order valence-electron chi connectivity index (χ1n) is 5.38. The van der Waals surface area contributed by atoms with Gasteiger partial charge in [0, 0.05) is 26.7 Å². The zero-order valence-electron chi connectivity index (χ0n) is 9.60. The van der Waals surface area contributed by atoms with E-state index in [1.807, 2.05) is 0 Å². The lowest BCUT2D eigenvalue weighted by Crippen LogP contribution is -2.47. The maximum absolute atomic E-state index is 12.9. The fourth-order valence-electron chi connectivity index (χ4n) is 1.73. The van der Waals surface area contributed by atoms with E-state index in [9.17, 15) is 18.0 Å². The third kappa shape index (κ3) is 3.10. The Labute approximate surface area is 97.5 Å². The summed E-state index contributed by atoms with van der Waals surface area (Å²) in [5.74, 6) is -1.19. The number of halogens is 3. The summed E-state index contributed by atoms with van der Waals surface area (Å²) in [4.78, 5) is 11.6. The molecule has 0 spiro atoms. The number of carbonyl (C=O) groups is 1. The predicted octanol–water partition coefficient (Wildman–Crippen LogP) is 1.11. The molecule has 0 aromatic heterocycles. The molecule has 0 aromatic rings. The van der Waals surface area contributed by atoms with Crippen molar-refractivity contribution in [2.75, 3.05) is 33.4 Å². The first-order chi connectivity index (χ1) is 7.94. The van der Waals surface area contributed by atoms with E-state index in [0.29, 0.717) is 13.0 Å². The molecule has 0 saturated carbocycles. The van der Waals surface area contributed by atoms with Crippen molar-refractivity contribution in [3.05, 3.63) is 0 Å². The molecule has 0 aromatic carbocycles. The highest BCUT2D eigenvalue weighted by Gasteiger charge is 2.62. The first-order valence-corrected chi connectivity index (χ1v) is 5.38. The maximum atomic E-state index is 12.9. The molecule has 1 aliphatic heterocycles. The monoisotopic (exact) mass is 255 g/mol. The van der Waals surface area contributed by atoms with Gasteiger partial charge < -0.3 is 14.8 Å². The summed E-state index contributed by atoms with van der Waals surface area (Å²) in [6.45, 7) is 0.0708. The fraction of sp³-hybridized carbons (Fsp3) is 0.900. The molecule has 1 rings (SSSR count). The van der Waals surface area contributed by atoms with Crippen LogP contribution in [0.25, 0.3) is 0 Å². The van der Waals surface area contributed by atoms with Gasteiger partial charge in [-0.2, -0.15) is 13.2 Å². The van der Waals surface area contributed by atoms with Crippen LogP contribution in [0.15, 0.2) is 0 Å². The van der Waals surface area contributed by atoms with Crippen molar-refractivity contribution >= 4 is 5.97 Å². The Hall–Kier alpha value is -0.820. The van der Waals surface area contributed by atoms with Crippen molar-refractivity contribution in [3.8, 4) is 0 Å². The molecule has 0 radical (unpaired) electrons. The second-order valence-corrected chi connectivity index (χ2v) is 3.99. The minimum atomic E-state index is -4.57. The number of esters is 1. The van der Waals surface area contributed by atoms with Gasteiger partial charge in [0.1, 0.15) is 0 Å². The molecule has 100 valence electrons. The topological polar surface area (TPSA) is 47.6 Å². The number of nitrogens with one attached hydrogen (secondary N) is 1. The van der Waals surface area contributed by atoms with Crippen molar-refractivity contribution in [1.82, 2.24) is 5.32 Å². The first kappa shape index (κ1) is 14.2. The molecule has 1 unspecified atom stereocenters. The van der Waals surface area contributed by atoms with Gasteiger partial charge in [-0.25, -0.2) is 0 Å². The normalized spacial score (nSPS) is 24.9. The largest absolute Gasteiger partial charge is 0.465 e. The Balaban J connectivity index is 2.56. The van der Waals surface area contributed by atoms with E-state index >= 15 is 0 Å². The lowest BCUT2D eigenvalue weighted by molar-refractivity contribution is -0.229. The molecule has 1 heterocycles. The van der Waals surface area contributed by atoms with E-state index in [0.717, 1.165) is 0 Å². The Morgan fingerprint density at radius 1 is 1.41 bits per heavy atom. The molecular formula is C10H16F3NO3. The molecule has 4 nitrogen and oxygen atoms in total. The Bertz CT molecular complexity index is 262. The molecule has 1 atom stereocenters. The van der Waals surface area contributed by atoms with Crippen LogP contribution in [0.3, 0.4) is 0 Å². The minimum Gasteiger partial charge on any atom is -0.465 e. The molecule has 1 aliphatic rings. The third-order valence-electron chi connectivity index (χ3n) is 2.81. The summed E-state index contributed by atoms with van der Waals surface area (Å²) in [7, 11) is 1.47. The van der Waals surface area contributed by atoms with E-state index in [1.54, 1.807) is 0 Å². The predicted molar refractivity (Wildman–Crippen MR) is 53.4 cm³/mol. The van der Waals surface area contributed by atoms with Crippen LogP contribution in [0.2, 0.25) is 0 Å². The van der Waals surface area contributed by atoms with Gasteiger partial charge in [-0.1, -0.05) is 0 Å². The van der Waals surface area contributed by atoms with Gasteiger partial charge in [-0.3, -0.25) is 4.79 Å². The van der Waals surface area contributed by atoms with E-state index in [4.69, 9.17) is 4.74 Å². The number of hydrogen-bond acceptors (Lipinski definition) is 4. The molecule has 0 aliphatic carbocycles. The smallest absolute Gasteiger partial charge is 0.406 e. The zero-order valence-corrected chi connectivity index (χ0v) is 9.60. The Morgan fingerprint density at radius 2 is 2.12 bits per heavy atom. The highest BCUT2D eigenvalue weighted by atomic mass is 19.4. The average molecular weight is 255 g/mol. The summed E-state index contributed by atoms with van der Waals surface area (Å²) in [6, 6.07) is 0. The summed E-state index contributed by atoms with van der Waals surface area (Å²) in [5.41, 5.74) is -2.37. The summed E-state index contributed by atoms with van der Waals surface area (Å²) in [5, 5.41) is 2.56. The lowest BCUT2D eigenvalue weighted by atomic mass is 9.86. The number of ether oxygens (including phenoxy) is 2. The van der Waals surface area contributed by atoms with Gasteiger partial charge in [-0.15, -0.1) is 0 Å². The highest BCUT2D eigenvalue weighted by molar-refractivity contribution is 5.78. The molecule has 1 saturated heterocycles. The van der Waals surface area contributed by atoms with Crippen LogP contribution >= 0.6 is 0 Å². The van der Waals surface area contributed by atoms with Gasteiger partial charge in [0.15, 0.2) is 5.41 Å². The van der Waals surface area contributed by atoms with Crippen LogP contribution in [0, 0.1) is 5.41 Å². The molecule has 1 fully saturated rings. The van der Waals surface area contributed by atoms with Crippen LogP contribution in [-0.4, -0.2) is 45.6 Å². The molecule has 7 heteroatoms. The Kier molecular flexibility index (Phi) is 4.76. The van der Waals surface area contributed by atoms with Crippen LogP contribution in [0.5, 0.6) is 0 Å². The van der Waals surface area contributed by atoms with E-state index < -0.39 is 24.1 Å². The minimum absolute atomic E-state index is 0.0511. The molecule has 17 heavy (non-hydrogen) atoms.